The van der Waals surface area contributed by atoms with Crippen LogP contribution in [0.4, 0.5) is 18.0 Å². The van der Waals surface area contributed by atoms with E-state index < -0.39 is 41.9 Å². The number of pyridine rings is 1. The van der Waals surface area contributed by atoms with Gasteiger partial charge in [-0.2, -0.15) is 13.2 Å². The van der Waals surface area contributed by atoms with Gasteiger partial charge in [-0.3, -0.25) is 9.78 Å². The highest BCUT2D eigenvalue weighted by Crippen LogP contribution is 2.38. The molecule has 0 saturated carbocycles. The second-order valence-corrected chi connectivity index (χ2v) is 9.07. The van der Waals surface area contributed by atoms with Crippen LogP contribution < -0.4 is 5.32 Å². The molecule has 11 heteroatoms. The molecule has 1 N–H and O–H groups in total. The molecule has 0 aliphatic carbocycles. The van der Waals surface area contributed by atoms with Crippen molar-refractivity contribution in [2.45, 2.75) is 18.4 Å². The van der Waals surface area contributed by atoms with E-state index in [9.17, 15) is 22.8 Å². The maximum atomic E-state index is 13.7. The summed E-state index contributed by atoms with van der Waals surface area (Å²) in [7, 11) is 0. The average Bonchev–Trinajstić information content (AvgIpc) is 3.29. The minimum Gasteiger partial charge on any atom is -0.446 e. The fourth-order valence-electron chi connectivity index (χ4n) is 4.47. The Bertz CT molecular complexity index is 1390. The van der Waals surface area contributed by atoms with Crippen LogP contribution in [0.25, 0.3) is 6.08 Å². The highest BCUT2D eigenvalue weighted by atomic mass is 32.1. The topological polar surface area (TPSA) is 74.8 Å². The molecule has 38 heavy (non-hydrogen) atoms. The molecule has 2 aromatic carbocycles. The van der Waals surface area contributed by atoms with Crippen LogP contribution in [0.2, 0.25) is 0 Å². The second kappa shape index (κ2) is 10.3. The number of cyclic esters (lactones) is 1. The van der Waals surface area contributed by atoms with Crippen molar-refractivity contribution in [1.82, 2.24) is 20.3 Å². The van der Waals surface area contributed by atoms with E-state index in [2.05, 4.69) is 10.3 Å². The smallest absolute Gasteiger partial charge is 0.429 e. The van der Waals surface area contributed by atoms with Gasteiger partial charge in [-0.1, -0.05) is 79.0 Å². The van der Waals surface area contributed by atoms with Crippen molar-refractivity contribution in [3.8, 4) is 0 Å². The number of β-lactam (4-membered cyclic amide) rings is 1. The predicted octanol–water partition coefficient (Wildman–Crippen LogP) is 4.97. The molecular formula is C27H21F3N4O3S. The van der Waals surface area contributed by atoms with Crippen LogP contribution in [0.5, 0.6) is 0 Å². The first-order valence-corrected chi connectivity index (χ1v) is 12.1. The number of benzene rings is 2. The van der Waals surface area contributed by atoms with Gasteiger partial charge in [0.2, 0.25) is 0 Å². The zero-order chi connectivity index (χ0) is 26.9. The monoisotopic (exact) mass is 538 g/mol. The molecular weight excluding hydrogens is 517 g/mol. The molecule has 2 saturated heterocycles. The lowest BCUT2D eigenvalue weighted by Crippen LogP contribution is -2.72. The van der Waals surface area contributed by atoms with E-state index >= 15 is 0 Å². The summed E-state index contributed by atoms with van der Waals surface area (Å²) >= 11 is 5.38. The van der Waals surface area contributed by atoms with Crippen molar-refractivity contribution >= 4 is 35.3 Å². The highest BCUT2D eigenvalue weighted by Gasteiger charge is 2.55. The Morgan fingerprint density at radius 1 is 1.03 bits per heavy atom. The van der Waals surface area contributed by atoms with Crippen molar-refractivity contribution in [3.05, 3.63) is 107 Å². The van der Waals surface area contributed by atoms with Crippen LogP contribution in [0.15, 0.2) is 85.2 Å². The fraction of sp³-hybridized carbons (Fsp3) is 0.185. The van der Waals surface area contributed by atoms with Gasteiger partial charge in [0.1, 0.15) is 23.8 Å². The summed E-state index contributed by atoms with van der Waals surface area (Å²) < 4.78 is 46.3. The zero-order valence-corrected chi connectivity index (χ0v) is 20.5. The van der Waals surface area contributed by atoms with Crippen LogP contribution in [0, 0.1) is 5.92 Å². The second-order valence-electron chi connectivity index (χ2n) is 8.66. The van der Waals surface area contributed by atoms with E-state index in [0.29, 0.717) is 0 Å². The third-order valence-corrected chi connectivity index (χ3v) is 6.65. The lowest BCUT2D eigenvalue weighted by Gasteiger charge is -2.50. The molecule has 1 aromatic heterocycles. The summed E-state index contributed by atoms with van der Waals surface area (Å²) in [6.45, 7) is 0.0108. The number of nitrogens with one attached hydrogen (secondary N) is 1. The Morgan fingerprint density at radius 3 is 2.47 bits per heavy atom. The van der Waals surface area contributed by atoms with Crippen molar-refractivity contribution in [2.24, 2.45) is 5.92 Å². The number of halogens is 3. The standard InChI is InChI=1S/C27H21F3N4O3S/c28-27(29,30)21-11-5-4-10-19(21)24(38)32-23-20(13-12-17-7-6-14-31-15-17)25(35)34(23)33-22(16-37-26(33)36)18-8-2-1-3-9-18/h1-15,20,22-23H,16H2,(H,32,38)/t20-,22-,23+/m1/s1. The Kier molecular flexibility index (Phi) is 6.85. The van der Waals surface area contributed by atoms with Crippen LogP contribution >= 0.6 is 12.2 Å². The average molecular weight is 539 g/mol. The number of alkyl halides is 3. The van der Waals surface area contributed by atoms with Gasteiger partial charge in [0, 0.05) is 18.0 Å². The van der Waals surface area contributed by atoms with Crippen LogP contribution in [-0.4, -0.2) is 44.8 Å². The summed E-state index contributed by atoms with van der Waals surface area (Å²) in [6.07, 6.45) is 0.200. The zero-order valence-electron chi connectivity index (χ0n) is 19.7. The SMILES string of the molecule is O=C1OC[C@H](c2ccccc2)N1N1C(=O)[C@H](C=Cc2cccnc2)[C@H]1NC(=S)c1ccccc1C(F)(F)F. The van der Waals surface area contributed by atoms with E-state index in [1.807, 2.05) is 6.07 Å². The van der Waals surface area contributed by atoms with Crippen molar-refractivity contribution < 1.29 is 27.5 Å². The van der Waals surface area contributed by atoms with E-state index in [0.717, 1.165) is 17.2 Å². The van der Waals surface area contributed by atoms with Gasteiger partial charge in [0.15, 0.2) is 0 Å². The van der Waals surface area contributed by atoms with Gasteiger partial charge in [0.05, 0.1) is 11.5 Å². The molecule has 3 heterocycles. The van der Waals surface area contributed by atoms with Crippen LogP contribution in [0.3, 0.4) is 0 Å². The quantitative estimate of drug-likeness (QED) is 0.353. The van der Waals surface area contributed by atoms with E-state index in [1.165, 1.54) is 28.2 Å². The third-order valence-electron chi connectivity index (χ3n) is 6.31. The lowest BCUT2D eigenvalue weighted by molar-refractivity contribution is -0.182. The predicted molar refractivity (Wildman–Crippen MR) is 136 cm³/mol. The normalized spacial score (nSPS) is 21.4. The number of carbonyl (C=O) groups is 2. The number of hydrazine groups is 1. The third kappa shape index (κ3) is 4.84. The summed E-state index contributed by atoms with van der Waals surface area (Å²) in [4.78, 5) is 30.0. The number of aromatic nitrogens is 1. The van der Waals surface area contributed by atoms with Crippen LogP contribution in [-0.2, 0) is 15.7 Å². The van der Waals surface area contributed by atoms with Crippen molar-refractivity contribution in [3.63, 3.8) is 0 Å². The van der Waals surface area contributed by atoms with Gasteiger partial charge in [-0.15, -0.1) is 0 Å². The molecule has 194 valence electrons. The molecule has 0 unspecified atom stereocenters. The molecule has 3 atom stereocenters. The molecule has 0 radical (unpaired) electrons. The molecule has 0 bridgehead atoms. The molecule has 2 aliphatic rings. The minimum absolute atomic E-state index is 0.0108. The molecule has 2 fully saturated rings. The summed E-state index contributed by atoms with van der Waals surface area (Å²) in [6, 6.07) is 16.9. The van der Waals surface area contributed by atoms with E-state index in [1.54, 1.807) is 60.9 Å². The van der Waals surface area contributed by atoms with Crippen molar-refractivity contribution in [1.29, 1.82) is 0 Å². The number of carbonyl (C=O) groups excluding carboxylic acids is 2. The van der Waals surface area contributed by atoms with Gasteiger partial charge in [0.25, 0.3) is 5.91 Å². The largest absolute Gasteiger partial charge is 0.446 e. The summed E-state index contributed by atoms with van der Waals surface area (Å²) in [5.74, 6) is -1.26. The minimum atomic E-state index is -4.63. The first-order chi connectivity index (χ1) is 18.3. The number of ether oxygens (including phenoxy) is 1. The first-order valence-electron chi connectivity index (χ1n) is 11.6. The maximum Gasteiger partial charge on any atom is 0.429 e. The Labute approximate surface area is 221 Å². The number of hydrogen-bond acceptors (Lipinski definition) is 5. The molecule has 0 spiro atoms. The molecule has 7 nitrogen and oxygen atoms in total. The van der Waals surface area contributed by atoms with Gasteiger partial charge in [-0.25, -0.2) is 14.8 Å². The lowest BCUT2D eigenvalue weighted by atomic mass is 9.93. The Balaban J connectivity index is 1.48. The maximum absolute atomic E-state index is 13.7. The number of thiocarbonyl (C=S) groups is 1. The van der Waals surface area contributed by atoms with Crippen molar-refractivity contribution in [2.75, 3.05) is 6.61 Å². The molecule has 2 amide bonds. The van der Waals surface area contributed by atoms with Gasteiger partial charge < -0.3 is 10.1 Å². The molecule has 5 rings (SSSR count). The Morgan fingerprint density at radius 2 is 1.76 bits per heavy atom. The summed E-state index contributed by atoms with van der Waals surface area (Å²) in [5, 5.41) is 5.27. The number of hydrogen-bond donors (Lipinski definition) is 1. The molecule has 2 aliphatic heterocycles. The first kappa shape index (κ1) is 25.4. The van der Waals surface area contributed by atoms with Gasteiger partial charge in [-0.05, 0) is 23.3 Å². The van der Waals surface area contributed by atoms with Gasteiger partial charge >= 0.3 is 12.3 Å². The Hall–Kier alpha value is -4.25. The fourth-order valence-corrected chi connectivity index (χ4v) is 4.77. The molecule has 3 aromatic rings. The van der Waals surface area contributed by atoms with E-state index in [-0.39, 0.29) is 17.2 Å². The number of amides is 2. The number of rotatable bonds is 6. The summed E-state index contributed by atoms with van der Waals surface area (Å²) in [5.41, 5.74) is 0.335. The van der Waals surface area contributed by atoms with E-state index in [4.69, 9.17) is 17.0 Å². The highest BCUT2D eigenvalue weighted by molar-refractivity contribution is 7.80. The number of nitrogens with zero attached hydrogens (tertiary/aromatic N) is 3. The van der Waals surface area contributed by atoms with Crippen LogP contribution in [0.1, 0.15) is 28.3 Å².